The van der Waals surface area contributed by atoms with Crippen molar-refractivity contribution in [3.05, 3.63) is 64.0 Å². The number of aryl methyl sites for hydroxylation is 2. The molecule has 3 heterocycles. The van der Waals surface area contributed by atoms with Crippen LogP contribution in [0.2, 0.25) is 0 Å². The Balaban J connectivity index is 1.75. The molecule has 0 aliphatic heterocycles. The lowest BCUT2D eigenvalue weighted by molar-refractivity contribution is 0.102. The lowest BCUT2D eigenvalue weighted by Crippen LogP contribution is -2.19. The summed E-state index contributed by atoms with van der Waals surface area (Å²) in [5.41, 5.74) is 0.910. The summed E-state index contributed by atoms with van der Waals surface area (Å²) in [5.74, 6) is -0.427. The van der Waals surface area contributed by atoms with Crippen molar-refractivity contribution in [3.63, 3.8) is 0 Å². The predicted molar refractivity (Wildman–Crippen MR) is 95.3 cm³/mol. The Hall–Kier alpha value is -3.82. The quantitative estimate of drug-likeness (QED) is 0.571. The van der Waals surface area contributed by atoms with Crippen LogP contribution in [0.4, 0.5) is 10.2 Å². The van der Waals surface area contributed by atoms with Crippen molar-refractivity contribution in [1.82, 2.24) is 29.5 Å². The number of nitrogens with one attached hydrogen (secondary N) is 2. The molecule has 136 valence electrons. The van der Waals surface area contributed by atoms with Crippen LogP contribution >= 0.6 is 0 Å². The molecule has 4 rings (SSSR count). The average molecular weight is 367 g/mol. The van der Waals surface area contributed by atoms with E-state index in [1.54, 1.807) is 20.0 Å². The van der Waals surface area contributed by atoms with Crippen LogP contribution in [0, 0.1) is 12.7 Å². The summed E-state index contributed by atoms with van der Waals surface area (Å²) in [6.07, 6.45) is 1.43. The van der Waals surface area contributed by atoms with Gasteiger partial charge in [0, 0.05) is 18.7 Å². The van der Waals surface area contributed by atoms with Crippen LogP contribution in [0.1, 0.15) is 16.1 Å². The number of carbonyl (C=O) groups is 1. The average Bonchev–Trinajstić information content (AvgIpc) is 3.18. The van der Waals surface area contributed by atoms with Gasteiger partial charge in [-0.05, 0) is 31.2 Å². The number of carbonyl (C=O) groups excluding carboxylic acids is 1. The minimum Gasteiger partial charge on any atom is -0.306 e. The van der Waals surface area contributed by atoms with E-state index in [0.29, 0.717) is 22.5 Å². The van der Waals surface area contributed by atoms with E-state index in [9.17, 15) is 14.0 Å². The first-order chi connectivity index (χ1) is 12.9. The molecular formula is C17H14FN7O2. The molecular weight excluding hydrogens is 353 g/mol. The molecule has 2 N–H and O–H groups in total. The number of hydrogen-bond donors (Lipinski definition) is 2. The topological polar surface area (TPSA) is 110 Å². The number of benzene rings is 1. The van der Waals surface area contributed by atoms with E-state index in [1.165, 1.54) is 39.8 Å². The molecule has 10 heteroatoms. The summed E-state index contributed by atoms with van der Waals surface area (Å²) in [6, 6.07) is 6.79. The summed E-state index contributed by atoms with van der Waals surface area (Å²) in [5, 5.41) is 11.3. The van der Waals surface area contributed by atoms with Gasteiger partial charge >= 0.3 is 0 Å². The first kappa shape index (κ1) is 16.6. The molecule has 3 aromatic heterocycles. The van der Waals surface area contributed by atoms with Crippen molar-refractivity contribution < 1.29 is 9.18 Å². The Bertz CT molecular complexity index is 1220. The third kappa shape index (κ3) is 2.97. The molecule has 4 aromatic rings. The summed E-state index contributed by atoms with van der Waals surface area (Å²) < 4.78 is 15.8. The molecule has 0 aliphatic rings. The van der Waals surface area contributed by atoms with Crippen molar-refractivity contribution >= 4 is 22.8 Å². The highest BCUT2D eigenvalue weighted by molar-refractivity contribution is 6.03. The van der Waals surface area contributed by atoms with Crippen LogP contribution in [0.3, 0.4) is 0 Å². The van der Waals surface area contributed by atoms with E-state index < -0.39 is 11.7 Å². The fourth-order valence-corrected chi connectivity index (χ4v) is 2.66. The summed E-state index contributed by atoms with van der Waals surface area (Å²) in [6.45, 7) is 1.74. The van der Waals surface area contributed by atoms with Gasteiger partial charge in [0.2, 0.25) is 5.95 Å². The van der Waals surface area contributed by atoms with E-state index in [2.05, 4.69) is 25.5 Å². The number of halogens is 1. The maximum atomic E-state index is 13.0. The number of fused-ring (bicyclic) bond motifs is 1. The van der Waals surface area contributed by atoms with Gasteiger partial charge in [-0.3, -0.25) is 19.3 Å². The van der Waals surface area contributed by atoms with Gasteiger partial charge in [0.25, 0.3) is 11.5 Å². The number of nitrogens with zero attached hydrogens (tertiary/aromatic N) is 5. The first-order valence-corrected chi connectivity index (χ1v) is 7.98. The third-order valence-electron chi connectivity index (χ3n) is 3.97. The molecule has 0 bridgehead atoms. The third-order valence-corrected chi connectivity index (χ3v) is 3.97. The molecule has 0 aliphatic carbocycles. The zero-order valence-corrected chi connectivity index (χ0v) is 14.4. The van der Waals surface area contributed by atoms with E-state index in [-0.39, 0.29) is 17.1 Å². The molecule has 1 amide bonds. The van der Waals surface area contributed by atoms with E-state index >= 15 is 0 Å². The maximum Gasteiger partial charge on any atom is 0.263 e. The van der Waals surface area contributed by atoms with Gasteiger partial charge in [-0.25, -0.2) is 4.39 Å². The molecule has 0 atom stereocenters. The van der Waals surface area contributed by atoms with Gasteiger partial charge in [0.05, 0.1) is 11.9 Å². The molecule has 0 unspecified atom stereocenters. The smallest absolute Gasteiger partial charge is 0.263 e. The molecule has 1 aromatic carbocycles. The molecule has 0 radical (unpaired) electrons. The first-order valence-electron chi connectivity index (χ1n) is 7.98. The van der Waals surface area contributed by atoms with Crippen molar-refractivity contribution in [1.29, 1.82) is 0 Å². The minimum absolute atomic E-state index is 0.138. The van der Waals surface area contributed by atoms with Gasteiger partial charge < -0.3 is 5.32 Å². The lowest BCUT2D eigenvalue weighted by Gasteiger charge is -2.08. The van der Waals surface area contributed by atoms with Crippen molar-refractivity contribution in [3.8, 4) is 5.95 Å². The summed E-state index contributed by atoms with van der Waals surface area (Å²) >= 11 is 0. The number of H-pyrrole nitrogens is 1. The highest BCUT2D eigenvalue weighted by Gasteiger charge is 2.16. The van der Waals surface area contributed by atoms with Gasteiger partial charge in [-0.2, -0.15) is 19.9 Å². The SMILES string of the molecule is Cc1cc(NC(=O)c2ccc(F)cc2)n(-c2nc3c(cnn3C)c(=O)[nH]2)n1. The van der Waals surface area contributed by atoms with Crippen LogP contribution in [0.15, 0.2) is 41.3 Å². The number of aromatic amines is 1. The number of aromatic nitrogens is 6. The highest BCUT2D eigenvalue weighted by Crippen LogP contribution is 2.16. The highest BCUT2D eigenvalue weighted by atomic mass is 19.1. The summed E-state index contributed by atoms with van der Waals surface area (Å²) in [4.78, 5) is 31.7. The second-order valence-corrected chi connectivity index (χ2v) is 5.94. The standard InChI is InChI=1S/C17H14FN7O2/c1-9-7-13(20-15(26)10-3-5-11(18)6-4-10)25(23-9)17-21-14-12(16(27)22-17)8-19-24(14)2/h3-8H,1-2H3,(H,20,26)(H,21,22,27). The van der Waals surface area contributed by atoms with Crippen molar-refractivity contribution in [2.24, 2.45) is 7.05 Å². The minimum atomic E-state index is -0.444. The van der Waals surface area contributed by atoms with Crippen LogP contribution in [-0.2, 0) is 7.05 Å². The number of hydrogen-bond acceptors (Lipinski definition) is 5. The number of rotatable bonds is 3. The molecule has 27 heavy (non-hydrogen) atoms. The molecule has 0 spiro atoms. The Morgan fingerprint density at radius 3 is 2.74 bits per heavy atom. The maximum absolute atomic E-state index is 13.0. The number of anilines is 1. The summed E-state index contributed by atoms with van der Waals surface area (Å²) in [7, 11) is 1.67. The monoisotopic (exact) mass is 367 g/mol. The van der Waals surface area contributed by atoms with Gasteiger partial charge in [0.15, 0.2) is 5.65 Å². The fraction of sp³-hybridized carbons (Fsp3) is 0.118. The predicted octanol–water partition coefficient (Wildman–Crippen LogP) is 1.54. The molecule has 0 saturated heterocycles. The Morgan fingerprint density at radius 1 is 1.26 bits per heavy atom. The van der Waals surface area contributed by atoms with Gasteiger partial charge in [-0.1, -0.05) is 0 Å². The van der Waals surface area contributed by atoms with Gasteiger partial charge in [0.1, 0.15) is 17.0 Å². The van der Waals surface area contributed by atoms with Crippen LogP contribution in [-0.4, -0.2) is 35.4 Å². The molecule has 0 fully saturated rings. The normalized spacial score (nSPS) is 11.1. The van der Waals surface area contributed by atoms with Crippen molar-refractivity contribution in [2.45, 2.75) is 6.92 Å². The van der Waals surface area contributed by atoms with Crippen LogP contribution in [0.25, 0.3) is 17.0 Å². The van der Waals surface area contributed by atoms with E-state index in [0.717, 1.165) is 0 Å². The molecule has 9 nitrogen and oxygen atoms in total. The molecule has 0 saturated carbocycles. The van der Waals surface area contributed by atoms with Crippen molar-refractivity contribution in [2.75, 3.05) is 5.32 Å². The zero-order valence-electron chi connectivity index (χ0n) is 14.4. The lowest BCUT2D eigenvalue weighted by atomic mass is 10.2. The second kappa shape index (κ2) is 6.16. The Labute approximate surface area is 151 Å². The zero-order chi connectivity index (χ0) is 19.1. The fourth-order valence-electron chi connectivity index (χ4n) is 2.66. The van der Waals surface area contributed by atoms with Crippen LogP contribution in [0.5, 0.6) is 0 Å². The Morgan fingerprint density at radius 2 is 2.00 bits per heavy atom. The van der Waals surface area contributed by atoms with Crippen LogP contribution < -0.4 is 10.9 Å². The van der Waals surface area contributed by atoms with E-state index in [4.69, 9.17) is 0 Å². The largest absolute Gasteiger partial charge is 0.306 e. The van der Waals surface area contributed by atoms with E-state index in [1.807, 2.05) is 0 Å². The Kier molecular flexibility index (Phi) is 3.80. The van der Waals surface area contributed by atoms with Gasteiger partial charge in [-0.15, -0.1) is 0 Å². The number of amides is 1. The second-order valence-electron chi connectivity index (χ2n) is 5.94.